The summed E-state index contributed by atoms with van der Waals surface area (Å²) in [6.45, 7) is 0. The lowest BCUT2D eigenvalue weighted by atomic mass is 10.0. The highest BCUT2D eigenvalue weighted by Gasteiger charge is 2.32. The first-order chi connectivity index (χ1) is 9.08. The van der Waals surface area contributed by atoms with Gasteiger partial charge in [-0.3, -0.25) is 4.79 Å². The summed E-state index contributed by atoms with van der Waals surface area (Å²) < 4.78 is 24.3. The Bertz CT molecular complexity index is 769. The number of carbonyl (C=O) groups is 1. The third kappa shape index (κ3) is 2.15. The molecule has 0 fully saturated rings. The fourth-order valence-electron chi connectivity index (χ4n) is 2.11. The maximum Gasteiger partial charge on any atom is 0.191 e. The minimum atomic E-state index is -3.41. The summed E-state index contributed by atoms with van der Waals surface area (Å²) in [5.74, 6) is -0.421. The second-order valence-electron chi connectivity index (χ2n) is 4.31. The van der Waals surface area contributed by atoms with Crippen molar-refractivity contribution in [3.63, 3.8) is 0 Å². The highest BCUT2D eigenvalue weighted by atomic mass is 32.2. The number of benzene rings is 1. The molecule has 0 saturated carbocycles. The molecular weight excluding hydrogens is 280 g/mol. The highest BCUT2D eigenvalue weighted by molar-refractivity contribution is 7.91. The number of hydrogen-bond donors (Lipinski definition) is 0. The topological polar surface area (TPSA) is 51.2 Å². The van der Waals surface area contributed by atoms with Crippen molar-refractivity contribution in [2.75, 3.05) is 5.75 Å². The molecule has 1 aliphatic rings. The average molecular weight is 290 g/mol. The molecule has 1 aromatic heterocycles. The molecule has 0 aliphatic carbocycles. The summed E-state index contributed by atoms with van der Waals surface area (Å²) in [7, 11) is -3.41. The summed E-state index contributed by atoms with van der Waals surface area (Å²) in [6.07, 6.45) is 1.66. The second kappa shape index (κ2) is 4.43. The molecule has 1 aromatic carbocycles. The van der Waals surface area contributed by atoms with Crippen molar-refractivity contribution in [1.82, 2.24) is 0 Å². The number of carbonyl (C=O) groups excluding carboxylic acids is 1. The van der Waals surface area contributed by atoms with Gasteiger partial charge in [0.25, 0.3) is 0 Å². The summed E-state index contributed by atoms with van der Waals surface area (Å²) >= 11 is 1.51. The lowest BCUT2D eigenvalue weighted by molar-refractivity contribution is 0.103. The maximum atomic E-state index is 12.3. The number of Topliss-reactive ketones (excluding diaryl/α,β-unsaturated/α-hetero) is 1. The van der Waals surface area contributed by atoms with E-state index in [4.69, 9.17) is 0 Å². The second-order valence-corrected chi connectivity index (χ2v) is 7.05. The number of fused-ring (bicyclic) bond motifs is 1. The molecule has 0 N–H and O–H groups in total. The first-order valence-electron chi connectivity index (χ1n) is 5.67. The van der Waals surface area contributed by atoms with Crippen LogP contribution in [0.1, 0.15) is 15.9 Å². The number of rotatable bonds is 1. The predicted molar refractivity (Wildman–Crippen MR) is 75.1 cm³/mol. The van der Waals surface area contributed by atoms with Gasteiger partial charge in [-0.05, 0) is 40.6 Å². The fourth-order valence-corrected chi connectivity index (χ4v) is 4.29. The van der Waals surface area contributed by atoms with Crippen LogP contribution in [-0.4, -0.2) is 20.0 Å². The zero-order valence-electron chi connectivity index (χ0n) is 9.87. The molecule has 2 heterocycles. The van der Waals surface area contributed by atoms with Crippen molar-refractivity contribution in [2.45, 2.75) is 4.90 Å². The molecule has 2 aromatic rings. The number of hydrogen-bond acceptors (Lipinski definition) is 4. The van der Waals surface area contributed by atoms with Crippen LogP contribution in [0.4, 0.5) is 0 Å². The van der Waals surface area contributed by atoms with Crippen LogP contribution in [0.3, 0.4) is 0 Å². The van der Waals surface area contributed by atoms with Gasteiger partial charge < -0.3 is 0 Å². The zero-order chi connectivity index (χ0) is 13.5. The van der Waals surface area contributed by atoms with Crippen molar-refractivity contribution in [1.29, 1.82) is 0 Å². The smallest absolute Gasteiger partial charge is 0.191 e. The molecule has 0 bridgehead atoms. The van der Waals surface area contributed by atoms with Gasteiger partial charge in [-0.1, -0.05) is 12.1 Å². The van der Waals surface area contributed by atoms with Gasteiger partial charge in [0.05, 0.1) is 10.6 Å². The quantitative estimate of drug-likeness (QED) is 0.759. The molecular formula is C14H10O3S2. The first kappa shape index (κ1) is 12.3. The normalized spacial score (nSPS) is 19.4. The van der Waals surface area contributed by atoms with E-state index in [1.807, 2.05) is 16.8 Å². The molecule has 0 amide bonds. The van der Waals surface area contributed by atoms with Crippen LogP contribution in [0.15, 0.2) is 51.6 Å². The van der Waals surface area contributed by atoms with Crippen LogP contribution < -0.4 is 0 Å². The minimum absolute atomic E-state index is 0.141. The number of sulfone groups is 1. The van der Waals surface area contributed by atoms with E-state index in [0.29, 0.717) is 5.57 Å². The van der Waals surface area contributed by atoms with Gasteiger partial charge in [0.1, 0.15) is 0 Å². The molecule has 0 spiro atoms. The molecule has 0 unspecified atom stereocenters. The van der Waals surface area contributed by atoms with Gasteiger partial charge in [-0.25, -0.2) is 8.42 Å². The predicted octanol–water partition coefficient (Wildman–Crippen LogP) is 2.80. The van der Waals surface area contributed by atoms with Crippen molar-refractivity contribution in [2.24, 2.45) is 0 Å². The van der Waals surface area contributed by atoms with Crippen molar-refractivity contribution in [3.05, 3.63) is 57.8 Å². The molecule has 3 rings (SSSR count). The van der Waals surface area contributed by atoms with Gasteiger partial charge >= 0.3 is 0 Å². The van der Waals surface area contributed by atoms with Crippen molar-refractivity contribution >= 4 is 33.0 Å². The standard InChI is InChI=1S/C14H10O3S2/c15-14-11(7-10-5-6-18-8-10)9-19(16,17)13-4-2-1-3-12(13)14/h1-8H,9H2/b11-7+. The Morgan fingerprint density at radius 1 is 1.16 bits per heavy atom. The summed E-state index contributed by atoms with van der Waals surface area (Å²) in [5.41, 5.74) is 1.47. The van der Waals surface area contributed by atoms with E-state index in [-0.39, 0.29) is 22.0 Å². The third-order valence-corrected chi connectivity index (χ3v) is 5.41. The molecule has 3 nitrogen and oxygen atoms in total. The van der Waals surface area contributed by atoms with E-state index >= 15 is 0 Å². The fraction of sp³-hybridized carbons (Fsp3) is 0.0714. The van der Waals surface area contributed by atoms with E-state index in [0.717, 1.165) is 5.56 Å². The maximum absolute atomic E-state index is 12.3. The molecule has 0 radical (unpaired) electrons. The van der Waals surface area contributed by atoms with E-state index in [1.165, 1.54) is 17.4 Å². The van der Waals surface area contributed by atoms with E-state index in [1.54, 1.807) is 24.3 Å². The summed E-state index contributed by atoms with van der Waals surface area (Å²) in [5, 5.41) is 3.77. The molecule has 0 atom stereocenters. The Hall–Kier alpha value is -1.72. The molecule has 1 aliphatic heterocycles. The molecule has 19 heavy (non-hydrogen) atoms. The zero-order valence-corrected chi connectivity index (χ0v) is 11.5. The van der Waals surface area contributed by atoms with Crippen molar-refractivity contribution < 1.29 is 13.2 Å². The van der Waals surface area contributed by atoms with E-state index in [2.05, 4.69) is 0 Å². The third-order valence-electron chi connectivity index (χ3n) is 2.99. The molecule has 0 saturated heterocycles. The van der Waals surface area contributed by atoms with Gasteiger partial charge in [-0.15, -0.1) is 0 Å². The van der Waals surface area contributed by atoms with Crippen molar-refractivity contribution in [3.8, 4) is 0 Å². The molecule has 96 valence electrons. The largest absolute Gasteiger partial charge is 0.289 e. The molecule has 5 heteroatoms. The Morgan fingerprint density at radius 2 is 1.95 bits per heavy atom. The Balaban J connectivity index is 2.17. The van der Waals surface area contributed by atoms with Crippen LogP contribution in [0.25, 0.3) is 6.08 Å². The van der Waals surface area contributed by atoms with E-state index in [9.17, 15) is 13.2 Å². The van der Waals surface area contributed by atoms with Crippen LogP contribution in [0.5, 0.6) is 0 Å². The average Bonchev–Trinajstić information content (AvgIpc) is 2.88. The monoisotopic (exact) mass is 290 g/mol. The van der Waals surface area contributed by atoms with Gasteiger partial charge in [-0.2, -0.15) is 11.3 Å². The Kier molecular flexibility index (Phi) is 2.88. The summed E-state index contributed by atoms with van der Waals surface area (Å²) in [4.78, 5) is 12.4. The van der Waals surface area contributed by atoms with Crippen LogP contribution in [0, 0.1) is 0 Å². The Labute approximate surface area is 115 Å². The first-order valence-corrected chi connectivity index (χ1v) is 8.27. The Morgan fingerprint density at radius 3 is 2.68 bits per heavy atom. The van der Waals surface area contributed by atoms with E-state index < -0.39 is 9.84 Å². The van der Waals surface area contributed by atoms with Gasteiger partial charge in [0.2, 0.25) is 0 Å². The number of thiophene rings is 1. The van der Waals surface area contributed by atoms with Crippen LogP contribution in [-0.2, 0) is 9.84 Å². The SMILES string of the molecule is O=C1/C(=C/c2ccsc2)CS(=O)(=O)c2ccccc21. The van der Waals surface area contributed by atoms with Gasteiger partial charge in [0, 0.05) is 11.1 Å². The van der Waals surface area contributed by atoms with Crippen LogP contribution >= 0.6 is 11.3 Å². The summed E-state index contributed by atoms with van der Waals surface area (Å²) in [6, 6.07) is 8.23. The highest BCUT2D eigenvalue weighted by Crippen LogP contribution is 2.28. The lowest BCUT2D eigenvalue weighted by Crippen LogP contribution is -2.24. The van der Waals surface area contributed by atoms with Gasteiger partial charge in [0.15, 0.2) is 15.6 Å². The number of ketones is 1. The minimum Gasteiger partial charge on any atom is -0.289 e. The lowest BCUT2D eigenvalue weighted by Gasteiger charge is -2.17. The van der Waals surface area contributed by atoms with Crippen LogP contribution in [0.2, 0.25) is 0 Å².